The molecule has 0 fully saturated rings. The van der Waals surface area contributed by atoms with Crippen LogP contribution in [0.15, 0.2) is 0 Å². The maximum absolute atomic E-state index is 5.54. The number of nitrogens with two attached hydrogens (primary N) is 5. The molecule has 6 nitrogen and oxygen atoms in total. The Morgan fingerprint density at radius 3 is 2.18 bits per heavy atom. The summed E-state index contributed by atoms with van der Waals surface area (Å²) in [5.74, 6) is -1.21. The molecule has 11 N–H and O–H groups in total. The molecule has 0 saturated carbocycles. The molecule has 0 rings (SSSR count). The van der Waals surface area contributed by atoms with Gasteiger partial charge in [-0.3, -0.25) is 0 Å². The molecule has 0 bridgehead atoms. The van der Waals surface area contributed by atoms with Gasteiger partial charge in [-0.1, -0.05) is 0 Å². The molecule has 0 aromatic rings. The van der Waals surface area contributed by atoms with Gasteiger partial charge in [-0.05, 0) is 0 Å². The zero-order valence-corrected chi connectivity index (χ0v) is 6.59. The minimum atomic E-state index is -1.21. The first-order chi connectivity index (χ1) is 4.95. The van der Waals surface area contributed by atoms with Crippen LogP contribution in [0.25, 0.3) is 0 Å². The van der Waals surface area contributed by atoms with Crippen LogP contribution >= 0.6 is 0 Å². The molecule has 68 valence electrons. The van der Waals surface area contributed by atoms with Gasteiger partial charge in [0.15, 0.2) is 0 Å². The van der Waals surface area contributed by atoms with Gasteiger partial charge in [-0.25, -0.2) is 0 Å². The van der Waals surface area contributed by atoms with E-state index in [1.54, 1.807) is 0 Å². The fourth-order valence-corrected chi connectivity index (χ4v) is 0.722. The maximum atomic E-state index is 5.54. The highest BCUT2D eigenvalue weighted by atomic mass is 15.1. The summed E-state index contributed by atoms with van der Waals surface area (Å²) in [7, 11) is 0. The van der Waals surface area contributed by atoms with Gasteiger partial charge >= 0.3 is 0 Å². The molecule has 0 saturated heterocycles. The van der Waals surface area contributed by atoms with Crippen LogP contribution in [-0.4, -0.2) is 25.0 Å². The molecule has 6 heteroatoms. The van der Waals surface area contributed by atoms with E-state index < -0.39 is 5.79 Å². The van der Waals surface area contributed by atoms with Crippen LogP contribution in [-0.2, 0) is 0 Å². The minimum Gasteiger partial charge on any atom is -0.329 e. The molecule has 0 amide bonds. The van der Waals surface area contributed by atoms with Crippen LogP contribution in [0, 0.1) is 0 Å². The van der Waals surface area contributed by atoms with E-state index in [9.17, 15) is 0 Å². The quantitative estimate of drug-likeness (QED) is 0.234. The highest BCUT2D eigenvalue weighted by Crippen LogP contribution is 1.90. The molecule has 0 heterocycles. The van der Waals surface area contributed by atoms with Crippen LogP contribution in [0.2, 0.25) is 0 Å². The predicted molar refractivity (Wildman–Crippen MR) is 44.9 cm³/mol. The summed E-state index contributed by atoms with van der Waals surface area (Å²) in [4.78, 5) is 0. The summed E-state index contributed by atoms with van der Waals surface area (Å²) in [6.45, 7) is 1.16. The summed E-state index contributed by atoms with van der Waals surface area (Å²) in [5, 5.41) is 2.90. The van der Waals surface area contributed by atoms with Crippen molar-refractivity contribution < 1.29 is 0 Å². The number of hydrogen-bond acceptors (Lipinski definition) is 6. The van der Waals surface area contributed by atoms with E-state index >= 15 is 0 Å². The molecular formula is C5H18N6. The third-order valence-corrected chi connectivity index (χ3v) is 1.12. The van der Waals surface area contributed by atoms with E-state index in [2.05, 4.69) is 5.32 Å². The normalized spacial score (nSPS) is 15.0. The number of rotatable bonds is 5. The van der Waals surface area contributed by atoms with E-state index in [1.807, 2.05) is 0 Å². The summed E-state index contributed by atoms with van der Waals surface area (Å²) in [5.41, 5.74) is 26.7. The minimum absolute atomic E-state index is 0.293. The lowest BCUT2D eigenvalue weighted by Crippen LogP contribution is -2.62. The Morgan fingerprint density at radius 1 is 1.27 bits per heavy atom. The first kappa shape index (κ1) is 10.8. The number of hydrogen-bond donors (Lipinski definition) is 6. The molecule has 0 aliphatic rings. The van der Waals surface area contributed by atoms with Crippen LogP contribution < -0.4 is 34.0 Å². The zero-order chi connectivity index (χ0) is 8.91. The van der Waals surface area contributed by atoms with E-state index in [-0.39, 0.29) is 6.17 Å². The molecule has 0 aliphatic carbocycles. The molecule has 0 aromatic carbocycles. The second kappa shape index (κ2) is 4.60. The smallest absolute Gasteiger partial charge is 0.118 e. The lowest BCUT2D eigenvalue weighted by Gasteiger charge is -2.23. The lowest BCUT2D eigenvalue weighted by molar-refractivity contribution is 0.351. The molecule has 0 spiro atoms. The van der Waals surface area contributed by atoms with Gasteiger partial charge < -0.3 is 34.0 Å². The van der Waals surface area contributed by atoms with Crippen molar-refractivity contribution >= 4 is 0 Å². The third-order valence-electron chi connectivity index (χ3n) is 1.12. The largest absolute Gasteiger partial charge is 0.329 e. The topological polar surface area (TPSA) is 142 Å². The Hall–Kier alpha value is -0.240. The number of nitrogens with one attached hydrogen (secondary N) is 1. The summed E-state index contributed by atoms with van der Waals surface area (Å²) in [6.07, 6.45) is 0.0195. The first-order valence-corrected chi connectivity index (χ1v) is 3.51. The summed E-state index contributed by atoms with van der Waals surface area (Å²) in [6, 6.07) is 0. The Kier molecular flexibility index (Phi) is 4.50. The lowest BCUT2D eigenvalue weighted by atomic mass is 10.2. The van der Waals surface area contributed by atoms with Gasteiger partial charge in [0.1, 0.15) is 5.79 Å². The van der Waals surface area contributed by atoms with E-state index in [0.29, 0.717) is 19.5 Å². The van der Waals surface area contributed by atoms with E-state index in [4.69, 9.17) is 28.7 Å². The molecule has 11 heavy (non-hydrogen) atoms. The van der Waals surface area contributed by atoms with Crippen molar-refractivity contribution in [1.29, 1.82) is 0 Å². The van der Waals surface area contributed by atoms with Gasteiger partial charge in [-0.2, -0.15) is 0 Å². The average molecular weight is 162 g/mol. The van der Waals surface area contributed by atoms with Gasteiger partial charge in [0.2, 0.25) is 0 Å². The molecule has 1 unspecified atom stereocenters. The van der Waals surface area contributed by atoms with Gasteiger partial charge in [0.25, 0.3) is 0 Å². The fraction of sp³-hybridized carbons (Fsp3) is 1.00. The van der Waals surface area contributed by atoms with E-state index in [0.717, 1.165) is 0 Å². The van der Waals surface area contributed by atoms with Crippen molar-refractivity contribution in [3.8, 4) is 0 Å². The maximum Gasteiger partial charge on any atom is 0.118 e. The molecule has 0 aliphatic heterocycles. The van der Waals surface area contributed by atoms with Gasteiger partial charge in [0, 0.05) is 19.5 Å². The standard InChI is InChI=1S/C5H18N6/c6-1-2-11-4(7)3-5(8,9)10/h4,11H,1-3,6-10H2. The van der Waals surface area contributed by atoms with Gasteiger partial charge in [0.05, 0.1) is 6.17 Å². The first-order valence-electron chi connectivity index (χ1n) is 3.51. The van der Waals surface area contributed by atoms with Crippen molar-refractivity contribution in [2.45, 2.75) is 18.4 Å². The van der Waals surface area contributed by atoms with Crippen LogP contribution in [0.3, 0.4) is 0 Å². The van der Waals surface area contributed by atoms with Crippen LogP contribution in [0.5, 0.6) is 0 Å². The predicted octanol–water partition coefficient (Wildman–Crippen LogP) is -3.26. The van der Waals surface area contributed by atoms with Crippen LogP contribution in [0.1, 0.15) is 6.42 Å². The Bertz CT molecular complexity index is 97.6. The Morgan fingerprint density at radius 2 is 1.82 bits per heavy atom. The third kappa shape index (κ3) is 7.66. The second-order valence-electron chi connectivity index (χ2n) is 2.67. The summed E-state index contributed by atoms with van der Waals surface area (Å²) >= 11 is 0. The van der Waals surface area contributed by atoms with E-state index in [1.165, 1.54) is 0 Å². The highest BCUT2D eigenvalue weighted by molar-refractivity contribution is 4.74. The van der Waals surface area contributed by atoms with Crippen molar-refractivity contribution in [3.05, 3.63) is 0 Å². The Balaban J connectivity index is 3.44. The monoisotopic (exact) mass is 162 g/mol. The molecular weight excluding hydrogens is 144 g/mol. The molecule has 0 radical (unpaired) electrons. The average Bonchev–Trinajstić information content (AvgIpc) is 1.79. The zero-order valence-electron chi connectivity index (χ0n) is 6.59. The van der Waals surface area contributed by atoms with Crippen molar-refractivity contribution in [1.82, 2.24) is 5.32 Å². The van der Waals surface area contributed by atoms with Crippen molar-refractivity contribution in [2.75, 3.05) is 13.1 Å². The van der Waals surface area contributed by atoms with Gasteiger partial charge in [-0.15, -0.1) is 0 Å². The molecule has 1 atom stereocenters. The summed E-state index contributed by atoms with van der Waals surface area (Å²) < 4.78 is 0. The Labute approximate surface area is 66.4 Å². The van der Waals surface area contributed by atoms with Crippen molar-refractivity contribution in [3.63, 3.8) is 0 Å². The fourth-order valence-electron chi connectivity index (χ4n) is 0.722. The molecule has 0 aromatic heterocycles. The van der Waals surface area contributed by atoms with Crippen molar-refractivity contribution in [2.24, 2.45) is 28.7 Å². The highest BCUT2D eigenvalue weighted by Gasteiger charge is 2.15. The second-order valence-corrected chi connectivity index (χ2v) is 2.67. The SMILES string of the molecule is NCCNC(N)CC(N)(N)N. The van der Waals surface area contributed by atoms with Crippen LogP contribution in [0.4, 0.5) is 0 Å².